The zero-order valence-corrected chi connectivity index (χ0v) is 7.06. The van der Waals surface area contributed by atoms with E-state index < -0.39 is 0 Å². The molecule has 0 bridgehead atoms. The van der Waals surface area contributed by atoms with E-state index in [4.69, 9.17) is 0 Å². The van der Waals surface area contributed by atoms with Crippen molar-refractivity contribution in [2.75, 3.05) is 0 Å². The minimum atomic E-state index is -0.321. The molecule has 0 radical (unpaired) electrons. The van der Waals surface area contributed by atoms with Crippen molar-refractivity contribution in [1.29, 1.82) is 0 Å². The van der Waals surface area contributed by atoms with Crippen LogP contribution in [0.15, 0.2) is 0 Å². The summed E-state index contributed by atoms with van der Waals surface area (Å²) in [6.07, 6.45) is 5.68. The van der Waals surface area contributed by atoms with E-state index in [-0.39, 0.29) is 5.60 Å². The van der Waals surface area contributed by atoms with Gasteiger partial charge in [0.15, 0.2) is 0 Å². The molecule has 1 rings (SSSR count). The van der Waals surface area contributed by atoms with Crippen LogP contribution in [0, 0.1) is 5.92 Å². The Kier molecular flexibility index (Phi) is 2.35. The van der Waals surface area contributed by atoms with Crippen LogP contribution in [0.25, 0.3) is 0 Å². The van der Waals surface area contributed by atoms with Crippen LogP contribution in [0.4, 0.5) is 0 Å². The summed E-state index contributed by atoms with van der Waals surface area (Å²) in [5.41, 5.74) is -0.321. The average molecular weight is 142 g/mol. The summed E-state index contributed by atoms with van der Waals surface area (Å²) in [6, 6.07) is 0. The maximum Gasteiger partial charge on any atom is 0.0670 e. The zero-order valence-electron chi connectivity index (χ0n) is 7.06. The highest BCUT2D eigenvalue weighted by Crippen LogP contribution is 2.35. The first-order valence-corrected chi connectivity index (χ1v) is 4.41. The summed E-state index contributed by atoms with van der Waals surface area (Å²) < 4.78 is 0. The molecule has 10 heavy (non-hydrogen) atoms. The third-order valence-corrected chi connectivity index (χ3v) is 3.03. The molecule has 1 heteroatoms. The van der Waals surface area contributed by atoms with E-state index in [9.17, 15) is 5.11 Å². The summed E-state index contributed by atoms with van der Waals surface area (Å²) in [5, 5.41) is 9.95. The van der Waals surface area contributed by atoms with E-state index in [0.717, 1.165) is 12.8 Å². The van der Waals surface area contributed by atoms with Crippen LogP contribution in [-0.4, -0.2) is 10.7 Å². The lowest BCUT2D eigenvalue weighted by molar-refractivity contribution is -0.0439. The standard InChI is InChI=1S/C9H18O/c1-3-9(10)7-5-4-6-8(9)2/h8,10H,3-7H2,1-2H3/t8-,9-/m0/s1. The van der Waals surface area contributed by atoms with Crippen molar-refractivity contribution >= 4 is 0 Å². The average Bonchev–Trinajstić information content (AvgIpc) is 1.96. The van der Waals surface area contributed by atoms with Gasteiger partial charge in [-0.15, -0.1) is 0 Å². The second-order valence-corrected chi connectivity index (χ2v) is 3.60. The Balaban J connectivity index is 2.54. The maximum absolute atomic E-state index is 9.95. The van der Waals surface area contributed by atoms with E-state index in [2.05, 4.69) is 13.8 Å². The predicted molar refractivity (Wildman–Crippen MR) is 42.9 cm³/mol. The first kappa shape index (κ1) is 8.06. The van der Waals surface area contributed by atoms with Gasteiger partial charge in [0.25, 0.3) is 0 Å². The highest BCUT2D eigenvalue weighted by Gasteiger charge is 2.33. The fraction of sp³-hybridized carbons (Fsp3) is 1.00. The number of hydrogen-bond donors (Lipinski definition) is 1. The third-order valence-electron chi connectivity index (χ3n) is 3.03. The van der Waals surface area contributed by atoms with Gasteiger partial charge in [-0.3, -0.25) is 0 Å². The molecule has 0 aromatic carbocycles. The molecule has 1 N–H and O–H groups in total. The van der Waals surface area contributed by atoms with Gasteiger partial charge in [0.1, 0.15) is 0 Å². The quantitative estimate of drug-likeness (QED) is 0.595. The van der Waals surface area contributed by atoms with Crippen LogP contribution in [0.2, 0.25) is 0 Å². The van der Waals surface area contributed by atoms with Crippen molar-refractivity contribution in [3.63, 3.8) is 0 Å². The first-order valence-electron chi connectivity index (χ1n) is 4.41. The van der Waals surface area contributed by atoms with Crippen LogP contribution >= 0.6 is 0 Å². The Morgan fingerprint density at radius 1 is 1.50 bits per heavy atom. The lowest BCUT2D eigenvalue weighted by Gasteiger charge is -2.37. The van der Waals surface area contributed by atoms with Crippen molar-refractivity contribution in [1.82, 2.24) is 0 Å². The number of aliphatic hydroxyl groups is 1. The topological polar surface area (TPSA) is 20.2 Å². The Morgan fingerprint density at radius 2 is 2.20 bits per heavy atom. The van der Waals surface area contributed by atoms with Crippen LogP contribution in [0.3, 0.4) is 0 Å². The molecule has 1 aliphatic rings. The minimum absolute atomic E-state index is 0.321. The normalized spacial score (nSPS) is 41.7. The lowest BCUT2D eigenvalue weighted by atomic mass is 9.75. The van der Waals surface area contributed by atoms with E-state index >= 15 is 0 Å². The van der Waals surface area contributed by atoms with Crippen LogP contribution in [-0.2, 0) is 0 Å². The smallest absolute Gasteiger partial charge is 0.0670 e. The highest BCUT2D eigenvalue weighted by molar-refractivity contribution is 4.85. The van der Waals surface area contributed by atoms with Crippen molar-refractivity contribution in [3.8, 4) is 0 Å². The molecule has 0 amide bonds. The fourth-order valence-electron chi connectivity index (χ4n) is 1.92. The second-order valence-electron chi connectivity index (χ2n) is 3.60. The molecule has 0 unspecified atom stereocenters. The third kappa shape index (κ3) is 1.34. The zero-order chi connectivity index (χ0) is 7.61. The van der Waals surface area contributed by atoms with Crippen molar-refractivity contribution < 1.29 is 5.11 Å². The van der Waals surface area contributed by atoms with Crippen molar-refractivity contribution in [2.24, 2.45) is 5.92 Å². The molecule has 1 aliphatic carbocycles. The molecule has 0 heterocycles. The summed E-state index contributed by atoms with van der Waals surface area (Å²) >= 11 is 0. The molecule has 60 valence electrons. The van der Waals surface area contributed by atoms with Gasteiger partial charge in [0.05, 0.1) is 5.60 Å². The SMILES string of the molecule is CC[C@]1(O)CCCC[C@@H]1C. The van der Waals surface area contributed by atoms with E-state index in [0.29, 0.717) is 5.92 Å². The molecule has 1 nitrogen and oxygen atoms in total. The van der Waals surface area contributed by atoms with Gasteiger partial charge in [0.2, 0.25) is 0 Å². The molecule has 0 aliphatic heterocycles. The van der Waals surface area contributed by atoms with E-state index in [1.165, 1.54) is 19.3 Å². The molecule has 2 atom stereocenters. The van der Waals surface area contributed by atoms with E-state index in [1.54, 1.807) is 0 Å². The molecule has 0 aromatic heterocycles. The monoisotopic (exact) mass is 142 g/mol. The maximum atomic E-state index is 9.95. The van der Waals surface area contributed by atoms with Gasteiger partial charge in [0, 0.05) is 0 Å². The van der Waals surface area contributed by atoms with Crippen molar-refractivity contribution in [2.45, 2.75) is 51.6 Å². The summed E-state index contributed by atoms with van der Waals surface area (Å²) in [7, 11) is 0. The van der Waals surface area contributed by atoms with Gasteiger partial charge in [-0.2, -0.15) is 0 Å². The molecule has 1 fully saturated rings. The van der Waals surface area contributed by atoms with Gasteiger partial charge < -0.3 is 5.11 Å². The molecular formula is C9H18O. The Labute approximate surface area is 63.4 Å². The Morgan fingerprint density at radius 3 is 2.60 bits per heavy atom. The van der Waals surface area contributed by atoms with Gasteiger partial charge in [-0.05, 0) is 25.2 Å². The highest BCUT2D eigenvalue weighted by atomic mass is 16.3. The van der Waals surface area contributed by atoms with Gasteiger partial charge >= 0.3 is 0 Å². The largest absolute Gasteiger partial charge is 0.390 e. The fourth-order valence-corrected chi connectivity index (χ4v) is 1.92. The molecule has 0 aromatic rings. The lowest BCUT2D eigenvalue weighted by Crippen LogP contribution is -2.38. The first-order chi connectivity index (χ1) is 4.69. The molecule has 0 saturated heterocycles. The van der Waals surface area contributed by atoms with Crippen LogP contribution in [0.1, 0.15) is 46.0 Å². The summed E-state index contributed by atoms with van der Waals surface area (Å²) in [6.45, 7) is 4.25. The van der Waals surface area contributed by atoms with Gasteiger partial charge in [-0.25, -0.2) is 0 Å². The predicted octanol–water partition coefficient (Wildman–Crippen LogP) is 2.34. The van der Waals surface area contributed by atoms with Gasteiger partial charge in [-0.1, -0.05) is 26.7 Å². The minimum Gasteiger partial charge on any atom is -0.390 e. The van der Waals surface area contributed by atoms with Crippen LogP contribution in [0.5, 0.6) is 0 Å². The number of hydrogen-bond acceptors (Lipinski definition) is 1. The second kappa shape index (κ2) is 2.91. The molecular weight excluding hydrogens is 124 g/mol. The Hall–Kier alpha value is -0.0400. The number of rotatable bonds is 1. The van der Waals surface area contributed by atoms with E-state index in [1.807, 2.05) is 0 Å². The molecule has 1 saturated carbocycles. The Bertz CT molecular complexity index is 111. The van der Waals surface area contributed by atoms with Crippen molar-refractivity contribution in [3.05, 3.63) is 0 Å². The van der Waals surface area contributed by atoms with Crippen LogP contribution < -0.4 is 0 Å². The summed E-state index contributed by atoms with van der Waals surface area (Å²) in [5.74, 6) is 0.520. The summed E-state index contributed by atoms with van der Waals surface area (Å²) in [4.78, 5) is 0. The molecule has 0 spiro atoms.